The summed E-state index contributed by atoms with van der Waals surface area (Å²) in [5.74, 6) is 6.32. The SMILES string of the molecule is OCC#Cc1cccc(CSc2nc3ccccc3o2)c1. The van der Waals surface area contributed by atoms with E-state index in [1.807, 2.05) is 48.5 Å². The molecule has 0 atom stereocenters. The van der Waals surface area contributed by atoms with Crippen LogP contribution in [-0.4, -0.2) is 16.7 Å². The Labute approximate surface area is 127 Å². The smallest absolute Gasteiger partial charge is 0.257 e. The molecule has 0 radical (unpaired) electrons. The van der Waals surface area contributed by atoms with Crippen LogP contribution in [0.1, 0.15) is 11.1 Å². The van der Waals surface area contributed by atoms with E-state index in [9.17, 15) is 0 Å². The van der Waals surface area contributed by atoms with E-state index in [4.69, 9.17) is 9.52 Å². The number of nitrogens with zero attached hydrogens (tertiary/aromatic N) is 1. The Kier molecular flexibility index (Phi) is 4.25. The summed E-state index contributed by atoms with van der Waals surface area (Å²) in [7, 11) is 0. The van der Waals surface area contributed by atoms with E-state index in [0.29, 0.717) is 5.22 Å². The summed E-state index contributed by atoms with van der Waals surface area (Å²) in [5, 5.41) is 9.39. The molecule has 3 aromatic rings. The predicted octanol–water partition coefficient (Wildman–Crippen LogP) is 3.46. The predicted molar refractivity (Wildman–Crippen MR) is 84.0 cm³/mol. The van der Waals surface area contributed by atoms with Crippen molar-refractivity contribution in [2.24, 2.45) is 0 Å². The molecule has 1 N–H and O–H groups in total. The largest absolute Gasteiger partial charge is 0.431 e. The van der Waals surface area contributed by atoms with Gasteiger partial charge in [-0.2, -0.15) is 0 Å². The lowest BCUT2D eigenvalue weighted by atomic mass is 10.1. The topological polar surface area (TPSA) is 46.3 Å². The van der Waals surface area contributed by atoms with Crippen molar-refractivity contribution in [1.82, 2.24) is 4.98 Å². The van der Waals surface area contributed by atoms with Gasteiger partial charge in [0.25, 0.3) is 5.22 Å². The molecule has 0 saturated carbocycles. The van der Waals surface area contributed by atoms with Gasteiger partial charge in [-0.15, -0.1) is 0 Å². The van der Waals surface area contributed by atoms with Crippen molar-refractivity contribution in [2.45, 2.75) is 11.0 Å². The van der Waals surface area contributed by atoms with Gasteiger partial charge >= 0.3 is 0 Å². The first kappa shape index (κ1) is 13.7. The van der Waals surface area contributed by atoms with E-state index in [1.165, 1.54) is 0 Å². The molecular weight excluding hydrogens is 282 g/mol. The molecule has 3 nitrogen and oxygen atoms in total. The van der Waals surface area contributed by atoms with Crippen molar-refractivity contribution in [1.29, 1.82) is 0 Å². The Morgan fingerprint density at radius 2 is 2.05 bits per heavy atom. The summed E-state index contributed by atoms with van der Waals surface area (Å²) in [5.41, 5.74) is 3.73. The van der Waals surface area contributed by atoms with Crippen molar-refractivity contribution >= 4 is 22.9 Å². The fraction of sp³-hybridized carbons (Fsp3) is 0.118. The Morgan fingerprint density at radius 1 is 1.14 bits per heavy atom. The molecule has 1 heterocycles. The molecule has 2 aromatic carbocycles. The van der Waals surface area contributed by atoms with Gasteiger partial charge in [-0.1, -0.05) is 47.9 Å². The van der Waals surface area contributed by atoms with Crippen molar-refractivity contribution < 1.29 is 9.52 Å². The zero-order chi connectivity index (χ0) is 14.5. The second-order valence-corrected chi connectivity index (χ2v) is 5.32. The van der Waals surface area contributed by atoms with Crippen LogP contribution in [0.5, 0.6) is 0 Å². The standard InChI is InChI=1S/C17H13NO2S/c19-10-4-7-13-5-3-6-14(11-13)12-21-17-18-15-8-1-2-9-16(15)20-17/h1-3,5-6,8-9,11,19H,10,12H2. The molecule has 0 aliphatic carbocycles. The summed E-state index contributed by atoms with van der Waals surface area (Å²) >= 11 is 1.56. The molecule has 0 amide bonds. The summed E-state index contributed by atoms with van der Waals surface area (Å²) < 4.78 is 5.68. The van der Waals surface area contributed by atoms with Crippen molar-refractivity contribution in [3.8, 4) is 11.8 Å². The maximum Gasteiger partial charge on any atom is 0.257 e. The average molecular weight is 295 g/mol. The third kappa shape index (κ3) is 3.46. The fourth-order valence-electron chi connectivity index (χ4n) is 1.94. The van der Waals surface area contributed by atoms with Gasteiger partial charge in [0.15, 0.2) is 5.58 Å². The molecule has 0 aliphatic heterocycles. The second-order valence-electron chi connectivity index (χ2n) is 4.40. The summed E-state index contributed by atoms with van der Waals surface area (Å²) in [4.78, 5) is 4.44. The van der Waals surface area contributed by atoms with Crippen LogP contribution in [0.15, 0.2) is 58.2 Å². The number of hydrogen-bond acceptors (Lipinski definition) is 4. The van der Waals surface area contributed by atoms with Gasteiger partial charge in [0, 0.05) is 11.3 Å². The minimum Gasteiger partial charge on any atom is -0.431 e. The number of thioether (sulfide) groups is 1. The maximum absolute atomic E-state index is 8.72. The molecule has 0 unspecified atom stereocenters. The van der Waals surface area contributed by atoms with Gasteiger partial charge in [-0.3, -0.25) is 0 Å². The minimum absolute atomic E-state index is 0.123. The number of oxazole rings is 1. The molecule has 104 valence electrons. The van der Waals surface area contributed by atoms with Crippen molar-refractivity contribution in [2.75, 3.05) is 6.61 Å². The Hall–Kier alpha value is -2.22. The second kappa shape index (κ2) is 6.49. The lowest BCUT2D eigenvalue weighted by molar-refractivity contribution is 0.350. The number of rotatable bonds is 3. The lowest BCUT2D eigenvalue weighted by Gasteiger charge is -1.99. The van der Waals surface area contributed by atoms with E-state index in [0.717, 1.165) is 28.0 Å². The third-order valence-corrected chi connectivity index (χ3v) is 3.77. The normalized spacial score (nSPS) is 10.3. The van der Waals surface area contributed by atoms with Gasteiger partial charge in [-0.25, -0.2) is 4.98 Å². The van der Waals surface area contributed by atoms with Crippen LogP contribution in [0.3, 0.4) is 0 Å². The van der Waals surface area contributed by atoms with E-state index in [-0.39, 0.29) is 6.61 Å². The number of fused-ring (bicyclic) bond motifs is 1. The van der Waals surface area contributed by atoms with Gasteiger partial charge in [0.1, 0.15) is 12.1 Å². The number of benzene rings is 2. The molecule has 0 saturated heterocycles. The fourth-order valence-corrected chi connectivity index (χ4v) is 2.72. The highest BCUT2D eigenvalue weighted by Gasteiger charge is 2.05. The number of aliphatic hydroxyl groups excluding tert-OH is 1. The third-order valence-electron chi connectivity index (χ3n) is 2.88. The van der Waals surface area contributed by atoms with Crippen LogP contribution in [-0.2, 0) is 5.75 Å². The van der Waals surface area contributed by atoms with Crippen LogP contribution in [0.4, 0.5) is 0 Å². The van der Waals surface area contributed by atoms with E-state index < -0.39 is 0 Å². The van der Waals surface area contributed by atoms with Gasteiger partial charge in [0.05, 0.1) is 0 Å². The van der Waals surface area contributed by atoms with Gasteiger partial charge < -0.3 is 9.52 Å². The van der Waals surface area contributed by atoms with E-state index in [2.05, 4.69) is 16.8 Å². The highest BCUT2D eigenvalue weighted by molar-refractivity contribution is 7.98. The quantitative estimate of drug-likeness (QED) is 0.594. The Balaban J connectivity index is 1.72. The molecule has 1 aromatic heterocycles. The molecule has 21 heavy (non-hydrogen) atoms. The first-order chi connectivity index (χ1) is 10.3. The molecule has 4 heteroatoms. The lowest BCUT2D eigenvalue weighted by Crippen LogP contribution is -1.83. The van der Waals surface area contributed by atoms with Crippen LogP contribution in [0.25, 0.3) is 11.1 Å². The van der Waals surface area contributed by atoms with Crippen LogP contribution in [0, 0.1) is 11.8 Å². The van der Waals surface area contributed by atoms with Crippen LogP contribution < -0.4 is 0 Å². The van der Waals surface area contributed by atoms with Crippen LogP contribution in [0.2, 0.25) is 0 Å². The molecule has 3 rings (SSSR count). The molecule has 0 spiro atoms. The van der Waals surface area contributed by atoms with E-state index in [1.54, 1.807) is 11.8 Å². The number of aliphatic hydroxyl groups is 1. The van der Waals surface area contributed by atoms with E-state index >= 15 is 0 Å². The van der Waals surface area contributed by atoms with Crippen molar-refractivity contribution in [3.05, 3.63) is 59.7 Å². The number of hydrogen-bond donors (Lipinski definition) is 1. The van der Waals surface area contributed by atoms with Crippen molar-refractivity contribution in [3.63, 3.8) is 0 Å². The monoisotopic (exact) mass is 295 g/mol. The minimum atomic E-state index is -0.123. The van der Waals surface area contributed by atoms with Gasteiger partial charge in [-0.05, 0) is 29.8 Å². The summed E-state index contributed by atoms with van der Waals surface area (Å²) in [6.45, 7) is -0.123. The Morgan fingerprint density at radius 3 is 2.90 bits per heavy atom. The Bertz CT molecular complexity index is 781. The summed E-state index contributed by atoms with van der Waals surface area (Å²) in [6.07, 6.45) is 0. The molecule has 0 bridgehead atoms. The number of para-hydroxylation sites is 2. The average Bonchev–Trinajstić information content (AvgIpc) is 2.94. The summed E-state index contributed by atoms with van der Waals surface area (Å²) in [6, 6.07) is 15.7. The molecular formula is C17H13NO2S. The highest BCUT2D eigenvalue weighted by atomic mass is 32.2. The molecule has 0 aliphatic rings. The zero-order valence-electron chi connectivity index (χ0n) is 11.2. The first-order valence-corrected chi connectivity index (χ1v) is 7.51. The van der Waals surface area contributed by atoms with Crippen LogP contribution >= 0.6 is 11.8 Å². The highest BCUT2D eigenvalue weighted by Crippen LogP contribution is 2.26. The maximum atomic E-state index is 8.72. The molecule has 0 fully saturated rings. The van der Waals surface area contributed by atoms with Gasteiger partial charge in [0.2, 0.25) is 0 Å². The number of aromatic nitrogens is 1. The zero-order valence-corrected chi connectivity index (χ0v) is 12.1. The first-order valence-electron chi connectivity index (χ1n) is 6.52.